The minimum absolute atomic E-state index is 0.530. The van der Waals surface area contributed by atoms with Crippen molar-refractivity contribution in [2.24, 2.45) is 5.16 Å². The van der Waals surface area contributed by atoms with E-state index in [0.717, 1.165) is 36.1 Å². The zero-order valence-electron chi connectivity index (χ0n) is 19.7. The molecule has 0 aliphatic heterocycles. The lowest BCUT2D eigenvalue weighted by Gasteiger charge is -2.33. The van der Waals surface area contributed by atoms with Gasteiger partial charge in [-0.25, -0.2) is 0 Å². The summed E-state index contributed by atoms with van der Waals surface area (Å²) >= 11 is 0. The molecule has 1 aliphatic rings. The number of rotatable bonds is 9. The highest BCUT2D eigenvalue weighted by Gasteiger charge is 2.46. The first kappa shape index (κ1) is 23.4. The Labute approximate surface area is 189 Å². The van der Waals surface area contributed by atoms with Crippen LogP contribution in [0.4, 0.5) is 0 Å². The van der Waals surface area contributed by atoms with Gasteiger partial charge in [-0.05, 0) is 54.7 Å². The summed E-state index contributed by atoms with van der Waals surface area (Å²) in [6, 6.07) is 7.84. The molecule has 0 atom stereocenters. The monoisotopic (exact) mass is 445 g/mol. The van der Waals surface area contributed by atoms with Crippen molar-refractivity contribution >= 4 is 5.71 Å². The minimum Gasteiger partial charge on any atom is -0.493 e. The molecule has 0 saturated heterocycles. The normalized spacial score (nSPS) is 15.9. The molecule has 0 radical (unpaired) electrons. The van der Waals surface area contributed by atoms with Gasteiger partial charge in [-0.15, -0.1) is 0 Å². The van der Waals surface area contributed by atoms with Crippen molar-refractivity contribution in [2.75, 3.05) is 49.8 Å². The lowest BCUT2D eigenvalue weighted by Crippen LogP contribution is -2.33. The van der Waals surface area contributed by atoms with E-state index >= 15 is 0 Å². The molecule has 0 heterocycles. The number of nitrogens with zero attached hydrogens (tertiary/aromatic N) is 1. The van der Waals surface area contributed by atoms with Crippen LogP contribution in [-0.4, -0.2) is 55.5 Å². The van der Waals surface area contributed by atoms with Crippen molar-refractivity contribution in [3.8, 4) is 34.5 Å². The van der Waals surface area contributed by atoms with Gasteiger partial charge in [-0.1, -0.05) is 5.16 Å². The van der Waals surface area contributed by atoms with Gasteiger partial charge in [0.2, 0.25) is 11.5 Å². The number of ether oxygens (including phenoxy) is 6. The molecule has 3 rings (SSSR count). The number of methoxy groups -OCH3 is 6. The molecule has 1 aliphatic carbocycles. The van der Waals surface area contributed by atoms with E-state index in [0.29, 0.717) is 34.5 Å². The van der Waals surface area contributed by atoms with Crippen LogP contribution in [0, 0.1) is 0 Å². The smallest absolute Gasteiger partial charge is 0.203 e. The lowest BCUT2D eigenvalue weighted by molar-refractivity contribution is 0.210. The molecule has 32 heavy (non-hydrogen) atoms. The average Bonchev–Trinajstić information content (AvgIpc) is 3.26. The first-order valence-corrected chi connectivity index (χ1v) is 10.3. The topological polar surface area (TPSA) is 77.0 Å². The first-order valence-electron chi connectivity index (χ1n) is 10.3. The van der Waals surface area contributed by atoms with Gasteiger partial charge in [0.1, 0.15) is 7.11 Å². The standard InChI is InChI=1S/C24H31NO7/c1-26-17-11-15(12-18(27-2)22(17)30-5)24(10-8-9-21(24)25-32-7)16-13-19(28-3)23(31-6)20(14-16)29-4/h11-14H,8-10H2,1-7H3/b25-21+. The second kappa shape index (κ2) is 9.89. The molecule has 1 fully saturated rings. The van der Waals surface area contributed by atoms with Gasteiger partial charge in [0.15, 0.2) is 23.0 Å². The van der Waals surface area contributed by atoms with E-state index < -0.39 is 5.41 Å². The van der Waals surface area contributed by atoms with Crippen molar-refractivity contribution in [2.45, 2.75) is 24.7 Å². The molecular weight excluding hydrogens is 414 g/mol. The van der Waals surface area contributed by atoms with Gasteiger partial charge in [-0.3, -0.25) is 0 Å². The van der Waals surface area contributed by atoms with Crippen molar-refractivity contribution in [1.29, 1.82) is 0 Å². The summed E-state index contributed by atoms with van der Waals surface area (Å²) in [6.07, 6.45) is 2.50. The molecule has 0 aromatic heterocycles. The Balaban J connectivity index is 2.38. The van der Waals surface area contributed by atoms with Gasteiger partial charge >= 0.3 is 0 Å². The van der Waals surface area contributed by atoms with Gasteiger partial charge < -0.3 is 33.3 Å². The van der Waals surface area contributed by atoms with Crippen LogP contribution in [0.5, 0.6) is 34.5 Å². The molecule has 0 spiro atoms. The molecule has 0 bridgehead atoms. The van der Waals surface area contributed by atoms with E-state index in [1.807, 2.05) is 24.3 Å². The predicted octanol–water partition coefficient (Wildman–Crippen LogP) is 4.21. The molecule has 174 valence electrons. The Bertz CT molecular complexity index is 873. The van der Waals surface area contributed by atoms with E-state index in [1.54, 1.807) is 49.8 Å². The van der Waals surface area contributed by atoms with Crippen molar-refractivity contribution < 1.29 is 33.3 Å². The van der Waals surface area contributed by atoms with Crippen LogP contribution >= 0.6 is 0 Å². The van der Waals surface area contributed by atoms with E-state index in [9.17, 15) is 0 Å². The maximum Gasteiger partial charge on any atom is 0.203 e. The fraction of sp³-hybridized carbons (Fsp3) is 0.458. The zero-order valence-corrected chi connectivity index (χ0v) is 19.7. The van der Waals surface area contributed by atoms with E-state index in [2.05, 4.69) is 5.16 Å². The largest absolute Gasteiger partial charge is 0.493 e. The summed E-state index contributed by atoms with van der Waals surface area (Å²) in [5, 5.41) is 4.43. The Kier molecular flexibility index (Phi) is 7.22. The maximum atomic E-state index is 5.64. The zero-order chi connectivity index (χ0) is 23.3. The Hall–Kier alpha value is -3.29. The third kappa shape index (κ3) is 3.74. The maximum absolute atomic E-state index is 5.64. The highest BCUT2D eigenvalue weighted by atomic mass is 16.6. The highest BCUT2D eigenvalue weighted by molar-refractivity contribution is 6.00. The van der Waals surface area contributed by atoms with Crippen LogP contribution in [0.15, 0.2) is 29.4 Å². The summed E-state index contributed by atoms with van der Waals surface area (Å²) in [5.41, 5.74) is 2.16. The van der Waals surface area contributed by atoms with Crippen LogP contribution in [0.2, 0.25) is 0 Å². The van der Waals surface area contributed by atoms with Crippen LogP contribution in [-0.2, 0) is 10.3 Å². The molecule has 2 aromatic rings. The van der Waals surface area contributed by atoms with Crippen molar-refractivity contribution in [1.82, 2.24) is 0 Å². The van der Waals surface area contributed by atoms with Crippen LogP contribution in [0.1, 0.15) is 30.4 Å². The summed E-state index contributed by atoms with van der Waals surface area (Å²) in [7, 11) is 11.1. The van der Waals surface area contributed by atoms with Gasteiger partial charge in [0.25, 0.3) is 0 Å². The Morgan fingerprint density at radius 1 is 0.625 bits per heavy atom. The summed E-state index contributed by atoms with van der Waals surface area (Å²) in [5.74, 6) is 3.33. The molecular formula is C24H31NO7. The summed E-state index contributed by atoms with van der Waals surface area (Å²) < 4.78 is 33.6. The predicted molar refractivity (Wildman–Crippen MR) is 121 cm³/mol. The lowest BCUT2D eigenvalue weighted by atomic mass is 9.71. The van der Waals surface area contributed by atoms with E-state index in [1.165, 1.54) is 0 Å². The molecule has 0 N–H and O–H groups in total. The van der Waals surface area contributed by atoms with E-state index in [-0.39, 0.29) is 0 Å². The minimum atomic E-state index is -0.615. The number of benzene rings is 2. The molecule has 2 aromatic carbocycles. The van der Waals surface area contributed by atoms with Crippen LogP contribution in [0.3, 0.4) is 0 Å². The summed E-state index contributed by atoms with van der Waals surface area (Å²) in [4.78, 5) is 5.25. The van der Waals surface area contributed by atoms with Crippen molar-refractivity contribution in [3.05, 3.63) is 35.4 Å². The van der Waals surface area contributed by atoms with Crippen LogP contribution < -0.4 is 28.4 Å². The Morgan fingerprint density at radius 3 is 1.34 bits per heavy atom. The SMILES string of the molecule is CO/N=C1\CCCC1(c1cc(OC)c(OC)c(OC)c1)c1cc(OC)c(OC)c(OC)c1. The number of hydrogen-bond donors (Lipinski definition) is 0. The molecule has 0 amide bonds. The quantitative estimate of drug-likeness (QED) is 0.535. The fourth-order valence-corrected chi connectivity index (χ4v) is 4.56. The van der Waals surface area contributed by atoms with Crippen LogP contribution in [0.25, 0.3) is 0 Å². The molecule has 0 unspecified atom stereocenters. The Morgan fingerprint density at radius 2 is 1.03 bits per heavy atom. The third-order valence-corrected chi connectivity index (χ3v) is 5.97. The second-order valence-corrected chi connectivity index (χ2v) is 7.31. The summed E-state index contributed by atoms with van der Waals surface area (Å²) in [6.45, 7) is 0. The fourth-order valence-electron chi connectivity index (χ4n) is 4.56. The van der Waals surface area contributed by atoms with Gasteiger partial charge in [0.05, 0.1) is 53.8 Å². The van der Waals surface area contributed by atoms with Crippen molar-refractivity contribution in [3.63, 3.8) is 0 Å². The second-order valence-electron chi connectivity index (χ2n) is 7.31. The van der Waals surface area contributed by atoms with Gasteiger partial charge in [0, 0.05) is 0 Å². The molecule has 8 nitrogen and oxygen atoms in total. The van der Waals surface area contributed by atoms with E-state index in [4.69, 9.17) is 33.3 Å². The number of oxime groups is 1. The average molecular weight is 446 g/mol. The molecule has 1 saturated carbocycles. The molecule has 8 heteroatoms. The number of hydrogen-bond acceptors (Lipinski definition) is 8. The third-order valence-electron chi connectivity index (χ3n) is 5.97. The van der Waals surface area contributed by atoms with Gasteiger partial charge in [-0.2, -0.15) is 0 Å². The first-order chi connectivity index (χ1) is 15.5. The highest BCUT2D eigenvalue weighted by Crippen LogP contribution is 2.52.